The van der Waals surface area contributed by atoms with Crippen LogP contribution in [-0.2, 0) is 9.59 Å². The summed E-state index contributed by atoms with van der Waals surface area (Å²) in [7, 11) is 0. The number of aliphatic carboxylic acids is 2. The molecule has 0 aliphatic rings. The van der Waals surface area contributed by atoms with Crippen LogP contribution in [0.2, 0.25) is 0 Å². The summed E-state index contributed by atoms with van der Waals surface area (Å²) in [6.45, 7) is 2.27. The molecule has 0 fully saturated rings. The van der Waals surface area contributed by atoms with Crippen LogP contribution in [0.4, 0.5) is 0 Å². The van der Waals surface area contributed by atoms with Gasteiger partial charge in [0.2, 0.25) is 0 Å². The second-order valence-electron chi connectivity index (χ2n) is 4.97. The summed E-state index contributed by atoms with van der Waals surface area (Å²) < 4.78 is 0. The average Bonchev–Trinajstić information content (AvgIpc) is 2.49. The van der Waals surface area contributed by atoms with Gasteiger partial charge in [0.05, 0.1) is 0 Å². The van der Waals surface area contributed by atoms with E-state index in [0.29, 0.717) is 0 Å². The molecule has 21 heavy (non-hydrogen) atoms. The third-order valence-corrected chi connectivity index (χ3v) is 2.95. The molecule has 4 heteroatoms. The maximum Gasteiger partial charge on any atom is 0.320 e. The molecular formula is C17H18O4. The van der Waals surface area contributed by atoms with Gasteiger partial charge in [-0.1, -0.05) is 60.7 Å². The fraction of sp³-hybridized carbons (Fsp3) is 0.176. The Bertz CT molecular complexity index is 535. The number of hydrogen-bond donors (Lipinski definition) is 2. The van der Waals surface area contributed by atoms with Gasteiger partial charge in [-0.2, -0.15) is 0 Å². The average molecular weight is 286 g/mol. The Morgan fingerprint density at radius 1 is 0.714 bits per heavy atom. The molecule has 0 bridgehead atoms. The van der Waals surface area contributed by atoms with Gasteiger partial charge in [-0.25, -0.2) is 0 Å². The summed E-state index contributed by atoms with van der Waals surface area (Å²) in [6, 6.07) is 20.8. The van der Waals surface area contributed by atoms with Crippen molar-refractivity contribution in [2.24, 2.45) is 5.41 Å². The molecule has 0 atom stereocenters. The molecule has 0 amide bonds. The molecule has 0 saturated carbocycles. The van der Waals surface area contributed by atoms with Gasteiger partial charge in [-0.15, -0.1) is 0 Å². The first kappa shape index (κ1) is 16.4. The highest BCUT2D eigenvalue weighted by molar-refractivity contribution is 5.97. The predicted octanol–water partition coefficient (Wildman–Crippen LogP) is 3.54. The van der Waals surface area contributed by atoms with Crippen molar-refractivity contribution in [1.29, 1.82) is 0 Å². The van der Waals surface area contributed by atoms with Crippen molar-refractivity contribution in [3.63, 3.8) is 0 Å². The van der Waals surface area contributed by atoms with Crippen LogP contribution in [0.1, 0.15) is 13.8 Å². The van der Waals surface area contributed by atoms with Crippen molar-refractivity contribution in [1.82, 2.24) is 0 Å². The van der Waals surface area contributed by atoms with Crippen LogP contribution in [0.15, 0.2) is 60.7 Å². The quantitative estimate of drug-likeness (QED) is 0.846. The molecule has 0 saturated heterocycles. The van der Waals surface area contributed by atoms with Crippen LogP contribution in [0.25, 0.3) is 11.1 Å². The third kappa shape index (κ3) is 4.76. The summed E-state index contributed by atoms with van der Waals surface area (Å²) in [4.78, 5) is 20.2. The van der Waals surface area contributed by atoms with E-state index in [2.05, 4.69) is 48.5 Å². The van der Waals surface area contributed by atoms with Gasteiger partial charge in [0.1, 0.15) is 0 Å². The largest absolute Gasteiger partial charge is 0.480 e. The minimum Gasteiger partial charge on any atom is -0.480 e. The molecule has 4 nitrogen and oxygen atoms in total. The molecule has 0 aliphatic heterocycles. The molecule has 0 unspecified atom stereocenters. The molecule has 0 heterocycles. The Labute approximate surface area is 123 Å². The Kier molecular flexibility index (Phi) is 5.67. The minimum atomic E-state index is -1.67. The lowest BCUT2D eigenvalue weighted by Gasteiger charge is -2.10. The summed E-state index contributed by atoms with van der Waals surface area (Å²) in [5.74, 6) is -2.65. The topological polar surface area (TPSA) is 74.6 Å². The van der Waals surface area contributed by atoms with E-state index in [1.807, 2.05) is 12.1 Å². The monoisotopic (exact) mass is 286 g/mol. The maximum absolute atomic E-state index is 10.1. The second kappa shape index (κ2) is 7.24. The van der Waals surface area contributed by atoms with E-state index in [-0.39, 0.29) is 0 Å². The molecular weight excluding hydrogens is 268 g/mol. The van der Waals surface area contributed by atoms with Gasteiger partial charge in [0.25, 0.3) is 0 Å². The van der Waals surface area contributed by atoms with Gasteiger partial charge >= 0.3 is 11.9 Å². The molecule has 0 aromatic heterocycles. The predicted molar refractivity (Wildman–Crippen MR) is 80.9 cm³/mol. The first-order chi connectivity index (χ1) is 9.85. The van der Waals surface area contributed by atoms with E-state index in [1.165, 1.54) is 11.1 Å². The molecule has 110 valence electrons. The molecule has 2 aromatic rings. The summed E-state index contributed by atoms with van der Waals surface area (Å²) >= 11 is 0. The SMILES string of the molecule is CC(C)(C(=O)O)C(=O)O.c1ccc(-c2ccccc2)cc1. The van der Waals surface area contributed by atoms with E-state index >= 15 is 0 Å². The lowest BCUT2D eigenvalue weighted by molar-refractivity contribution is -0.161. The Hall–Kier alpha value is -2.62. The summed E-state index contributed by atoms with van der Waals surface area (Å²) in [5.41, 5.74) is 0.885. The number of carboxylic acid groups (broad SMARTS) is 2. The van der Waals surface area contributed by atoms with Gasteiger partial charge < -0.3 is 10.2 Å². The number of carbonyl (C=O) groups is 2. The van der Waals surface area contributed by atoms with Crippen molar-refractivity contribution in [2.45, 2.75) is 13.8 Å². The van der Waals surface area contributed by atoms with Crippen LogP contribution < -0.4 is 0 Å². The van der Waals surface area contributed by atoms with Crippen molar-refractivity contribution in [2.75, 3.05) is 0 Å². The number of benzene rings is 2. The molecule has 0 radical (unpaired) electrons. The van der Waals surface area contributed by atoms with Gasteiger partial charge in [0, 0.05) is 0 Å². The van der Waals surface area contributed by atoms with Crippen LogP contribution in [0.5, 0.6) is 0 Å². The highest BCUT2D eigenvalue weighted by Gasteiger charge is 2.35. The van der Waals surface area contributed by atoms with E-state index in [4.69, 9.17) is 10.2 Å². The third-order valence-electron chi connectivity index (χ3n) is 2.95. The minimum absolute atomic E-state index is 1.14. The van der Waals surface area contributed by atoms with Crippen LogP contribution in [0, 0.1) is 5.41 Å². The second-order valence-corrected chi connectivity index (χ2v) is 4.97. The van der Waals surface area contributed by atoms with Crippen LogP contribution in [-0.4, -0.2) is 22.2 Å². The van der Waals surface area contributed by atoms with Crippen LogP contribution in [0.3, 0.4) is 0 Å². The zero-order valence-electron chi connectivity index (χ0n) is 12.0. The number of hydrogen-bond acceptors (Lipinski definition) is 2. The van der Waals surface area contributed by atoms with Gasteiger partial charge in [-0.3, -0.25) is 9.59 Å². The van der Waals surface area contributed by atoms with E-state index in [9.17, 15) is 9.59 Å². The molecule has 2 rings (SSSR count). The lowest BCUT2D eigenvalue weighted by atomic mass is 9.95. The van der Waals surface area contributed by atoms with E-state index in [0.717, 1.165) is 13.8 Å². The Morgan fingerprint density at radius 2 is 1.00 bits per heavy atom. The first-order valence-corrected chi connectivity index (χ1v) is 6.43. The van der Waals surface area contributed by atoms with Crippen molar-refractivity contribution in [3.05, 3.63) is 60.7 Å². The normalized spacial score (nSPS) is 10.2. The molecule has 0 aliphatic carbocycles. The Balaban J connectivity index is 0.000000222. The van der Waals surface area contributed by atoms with Crippen LogP contribution >= 0.6 is 0 Å². The fourth-order valence-corrected chi connectivity index (χ4v) is 1.35. The van der Waals surface area contributed by atoms with Crippen molar-refractivity contribution in [3.8, 4) is 11.1 Å². The zero-order valence-corrected chi connectivity index (χ0v) is 12.0. The lowest BCUT2D eigenvalue weighted by Crippen LogP contribution is -2.32. The van der Waals surface area contributed by atoms with Gasteiger partial charge in [-0.05, 0) is 25.0 Å². The smallest absolute Gasteiger partial charge is 0.320 e. The number of rotatable bonds is 3. The van der Waals surface area contributed by atoms with Gasteiger partial charge in [0.15, 0.2) is 5.41 Å². The molecule has 0 spiro atoms. The van der Waals surface area contributed by atoms with E-state index < -0.39 is 17.4 Å². The Morgan fingerprint density at radius 3 is 1.19 bits per heavy atom. The highest BCUT2D eigenvalue weighted by atomic mass is 16.4. The zero-order chi connectivity index (χ0) is 15.9. The molecule has 2 N–H and O–H groups in total. The summed E-state index contributed by atoms with van der Waals surface area (Å²) in [5, 5.41) is 16.5. The first-order valence-electron chi connectivity index (χ1n) is 6.43. The highest BCUT2D eigenvalue weighted by Crippen LogP contribution is 2.17. The molecule has 2 aromatic carbocycles. The standard InChI is InChI=1S/C12H10.C5H8O4/c1-3-7-11(8-4-1)12-9-5-2-6-10-12;1-5(2,3(6)7)4(8)9/h1-10H;1-2H3,(H,6,7)(H,8,9). The van der Waals surface area contributed by atoms with Crippen molar-refractivity contribution >= 4 is 11.9 Å². The number of carboxylic acids is 2. The van der Waals surface area contributed by atoms with Crippen molar-refractivity contribution < 1.29 is 19.8 Å². The van der Waals surface area contributed by atoms with E-state index in [1.54, 1.807) is 0 Å². The maximum atomic E-state index is 10.1. The summed E-state index contributed by atoms with van der Waals surface area (Å²) in [6.07, 6.45) is 0. The fourth-order valence-electron chi connectivity index (χ4n) is 1.35.